The number of para-hydroxylation sites is 1. The molecule has 130 valence electrons. The van der Waals surface area contributed by atoms with Crippen molar-refractivity contribution in [2.45, 2.75) is 18.3 Å². The molecule has 0 saturated carbocycles. The maximum atomic E-state index is 12.5. The minimum absolute atomic E-state index is 0.0691. The van der Waals surface area contributed by atoms with Crippen molar-refractivity contribution in [2.24, 2.45) is 4.99 Å². The van der Waals surface area contributed by atoms with E-state index in [-0.39, 0.29) is 17.5 Å². The summed E-state index contributed by atoms with van der Waals surface area (Å²) < 4.78 is 1.52. The molecule has 2 aromatic carbocycles. The van der Waals surface area contributed by atoms with Crippen molar-refractivity contribution < 1.29 is 4.79 Å². The summed E-state index contributed by atoms with van der Waals surface area (Å²) in [6.45, 7) is 0. The van der Waals surface area contributed by atoms with Gasteiger partial charge in [0.05, 0.1) is 35.6 Å². The molecule has 0 bridgehead atoms. The average Bonchev–Trinajstić information content (AvgIpc) is 2.68. The number of hydrogen-bond donors (Lipinski definition) is 1. The van der Waals surface area contributed by atoms with E-state index >= 15 is 0 Å². The zero-order valence-corrected chi connectivity index (χ0v) is 14.6. The summed E-state index contributed by atoms with van der Waals surface area (Å²) in [5.41, 5.74) is 1.57. The summed E-state index contributed by atoms with van der Waals surface area (Å²) in [6.07, 6.45) is 1.85. The molecule has 1 aliphatic rings. The molecule has 0 spiro atoms. The standard InChI is InChI=1S/C19H16N4O2S/c24-17-10-16(13-6-2-1-3-7-13)21-19(22-17)26-12-23-11-20-15-9-5-4-8-14(15)18(23)25/h1-9,11,16H,10,12H2,(H,21,22,24)/t16-/m0/s1. The summed E-state index contributed by atoms with van der Waals surface area (Å²) in [5.74, 6) is 0.262. The molecule has 7 heteroatoms. The lowest BCUT2D eigenvalue weighted by Gasteiger charge is -2.21. The van der Waals surface area contributed by atoms with Crippen LogP contribution >= 0.6 is 11.8 Å². The number of carbonyl (C=O) groups is 1. The third-order valence-corrected chi connectivity index (χ3v) is 5.04. The molecule has 0 aliphatic carbocycles. The van der Waals surface area contributed by atoms with Gasteiger partial charge in [-0.3, -0.25) is 19.1 Å². The van der Waals surface area contributed by atoms with Crippen LogP contribution in [0.3, 0.4) is 0 Å². The van der Waals surface area contributed by atoms with Gasteiger partial charge in [0.1, 0.15) is 0 Å². The molecular formula is C19H16N4O2S. The monoisotopic (exact) mass is 364 g/mol. The van der Waals surface area contributed by atoms with Crippen LogP contribution in [0, 0.1) is 0 Å². The van der Waals surface area contributed by atoms with E-state index in [4.69, 9.17) is 0 Å². The summed E-state index contributed by atoms with van der Waals surface area (Å²) in [4.78, 5) is 33.5. The van der Waals surface area contributed by atoms with Gasteiger partial charge in [0.25, 0.3) is 5.56 Å². The lowest BCUT2D eigenvalue weighted by Crippen LogP contribution is -2.34. The van der Waals surface area contributed by atoms with Crippen LogP contribution in [0.5, 0.6) is 0 Å². The number of benzene rings is 2. The highest BCUT2D eigenvalue weighted by atomic mass is 32.2. The average molecular weight is 364 g/mol. The summed E-state index contributed by atoms with van der Waals surface area (Å²) in [6, 6.07) is 16.8. The van der Waals surface area contributed by atoms with Crippen LogP contribution in [0.4, 0.5) is 0 Å². The third-order valence-electron chi connectivity index (χ3n) is 4.15. The van der Waals surface area contributed by atoms with E-state index in [1.165, 1.54) is 22.7 Å². The quantitative estimate of drug-likeness (QED) is 0.775. The predicted octanol–water partition coefficient (Wildman–Crippen LogP) is 2.70. The summed E-state index contributed by atoms with van der Waals surface area (Å²) >= 11 is 1.32. The van der Waals surface area contributed by atoms with E-state index in [9.17, 15) is 9.59 Å². The van der Waals surface area contributed by atoms with Gasteiger partial charge in [-0.15, -0.1) is 0 Å². The molecule has 1 aliphatic heterocycles. The molecule has 1 aromatic heterocycles. The number of hydrogen-bond acceptors (Lipinski definition) is 5. The van der Waals surface area contributed by atoms with Crippen molar-refractivity contribution in [1.29, 1.82) is 0 Å². The number of thioether (sulfide) groups is 1. The van der Waals surface area contributed by atoms with Crippen LogP contribution in [-0.2, 0) is 10.7 Å². The number of nitrogens with zero attached hydrogens (tertiary/aromatic N) is 3. The van der Waals surface area contributed by atoms with Crippen molar-refractivity contribution in [3.8, 4) is 0 Å². The van der Waals surface area contributed by atoms with E-state index < -0.39 is 0 Å². The molecule has 6 nitrogen and oxygen atoms in total. The number of aliphatic imine (C=N–C) groups is 1. The van der Waals surface area contributed by atoms with Crippen molar-refractivity contribution in [1.82, 2.24) is 14.9 Å². The Balaban J connectivity index is 1.55. The fourth-order valence-electron chi connectivity index (χ4n) is 2.84. The maximum absolute atomic E-state index is 12.5. The summed E-state index contributed by atoms with van der Waals surface area (Å²) in [7, 11) is 0. The number of nitrogens with one attached hydrogen (secondary N) is 1. The molecule has 0 fully saturated rings. The van der Waals surface area contributed by atoms with Gasteiger partial charge in [0, 0.05) is 0 Å². The van der Waals surface area contributed by atoms with Gasteiger partial charge >= 0.3 is 0 Å². The minimum Gasteiger partial charge on any atom is -0.305 e. The number of carbonyl (C=O) groups excluding carboxylic acids is 1. The van der Waals surface area contributed by atoms with Crippen molar-refractivity contribution >= 4 is 33.7 Å². The van der Waals surface area contributed by atoms with Gasteiger partial charge < -0.3 is 5.32 Å². The van der Waals surface area contributed by atoms with Crippen LogP contribution in [0.15, 0.2) is 70.7 Å². The first-order valence-electron chi connectivity index (χ1n) is 8.20. The summed E-state index contributed by atoms with van der Waals surface area (Å²) in [5, 5.41) is 3.88. The molecule has 2 heterocycles. The molecule has 0 saturated heterocycles. The second kappa shape index (κ2) is 7.13. The zero-order valence-electron chi connectivity index (χ0n) is 13.8. The van der Waals surface area contributed by atoms with E-state index in [1.807, 2.05) is 48.5 Å². The number of fused-ring (bicyclic) bond motifs is 1. The first-order valence-corrected chi connectivity index (χ1v) is 9.19. The Morgan fingerprint density at radius 1 is 1.08 bits per heavy atom. The van der Waals surface area contributed by atoms with E-state index in [2.05, 4.69) is 15.3 Å². The topological polar surface area (TPSA) is 76.3 Å². The zero-order chi connectivity index (χ0) is 17.9. The van der Waals surface area contributed by atoms with E-state index in [0.717, 1.165) is 5.56 Å². The molecule has 26 heavy (non-hydrogen) atoms. The van der Waals surface area contributed by atoms with Crippen LogP contribution in [0.25, 0.3) is 10.9 Å². The fourth-order valence-corrected chi connectivity index (χ4v) is 3.67. The Labute approximate surface area is 154 Å². The Morgan fingerprint density at radius 3 is 2.69 bits per heavy atom. The van der Waals surface area contributed by atoms with Crippen LogP contribution in [-0.4, -0.2) is 20.6 Å². The van der Waals surface area contributed by atoms with Crippen molar-refractivity contribution in [2.75, 3.05) is 0 Å². The predicted molar refractivity (Wildman–Crippen MR) is 103 cm³/mol. The maximum Gasteiger partial charge on any atom is 0.261 e. The molecule has 1 N–H and O–H groups in total. The second-order valence-electron chi connectivity index (χ2n) is 5.92. The smallest absolute Gasteiger partial charge is 0.261 e. The number of amides is 1. The van der Waals surface area contributed by atoms with Gasteiger partial charge in [-0.25, -0.2) is 4.98 Å². The SMILES string of the molecule is O=C1C[C@@H](c2ccccc2)N=C(SCn2cnc3ccccc3c2=O)N1. The highest BCUT2D eigenvalue weighted by Gasteiger charge is 2.22. The minimum atomic E-state index is -0.195. The van der Waals surface area contributed by atoms with Crippen molar-refractivity contribution in [3.63, 3.8) is 0 Å². The molecule has 4 rings (SSSR count). The Bertz CT molecular complexity index is 1050. The van der Waals surface area contributed by atoms with Crippen LogP contribution < -0.4 is 10.9 Å². The lowest BCUT2D eigenvalue weighted by molar-refractivity contribution is -0.120. The van der Waals surface area contributed by atoms with Crippen LogP contribution in [0.2, 0.25) is 0 Å². The Kier molecular flexibility index (Phi) is 4.53. The number of rotatable bonds is 3. The van der Waals surface area contributed by atoms with Gasteiger partial charge in [-0.2, -0.15) is 0 Å². The van der Waals surface area contributed by atoms with Crippen molar-refractivity contribution in [3.05, 3.63) is 76.8 Å². The Morgan fingerprint density at radius 2 is 1.85 bits per heavy atom. The van der Waals surface area contributed by atoms with Gasteiger partial charge in [0.15, 0.2) is 5.17 Å². The molecule has 1 atom stereocenters. The fraction of sp³-hybridized carbons (Fsp3) is 0.158. The van der Waals surface area contributed by atoms with Gasteiger partial charge in [-0.05, 0) is 17.7 Å². The lowest BCUT2D eigenvalue weighted by atomic mass is 10.0. The number of amidine groups is 1. The first-order chi connectivity index (χ1) is 12.7. The highest BCUT2D eigenvalue weighted by molar-refractivity contribution is 8.13. The molecule has 0 unspecified atom stereocenters. The second-order valence-corrected chi connectivity index (χ2v) is 6.86. The van der Waals surface area contributed by atoms with Gasteiger partial charge in [-0.1, -0.05) is 54.2 Å². The van der Waals surface area contributed by atoms with Crippen LogP contribution in [0.1, 0.15) is 18.0 Å². The normalized spacial score (nSPS) is 17.0. The molecule has 0 radical (unpaired) electrons. The molecule has 1 amide bonds. The largest absolute Gasteiger partial charge is 0.305 e. The first kappa shape index (κ1) is 16.5. The van der Waals surface area contributed by atoms with Gasteiger partial charge in [0.2, 0.25) is 5.91 Å². The Hall–Kier alpha value is -2.93. The van der Waals surface area contributed by atoms with E-state index in [1.54, 1.807) is 6.07 Å². The molecular weight excluding hydrogens is 348 g/mol. The van der Waals surface area contributed by atoms with E-state index in [0.29, 0.717) is 28.4 Å². The molecule has 3 aromatic rings. The third kappa shape index (κ3) is 3.39. The number of aromatic nitrogens is 2. The highest BCUT2D eigenvalue weighted by Crippen LogP contribution is 2.25.